The molecule has 128 valence electrons. The van der Waals surface area contributed by atoms with Crippen molar-refractivity contribution < 1.29 is 9.59 Å². The molecule has 8 nitrogen and oxygen atoms in total. The zero-order chi connectivity index (χ0) is 17.0. The molecule has 0 radical (unpaired) electrons. The third-order valence-corrected chi connectivity index (χ3v) is 3.96. The molecular formula is C15H26N6O2. The van der Waals surface area contributed by atoms with E-state index in [1.54, 1.807) is 9.58 Å². The van der Waals surface area contributed by atoms with Crippen molar-refractivity contribution >= 4 is 17.9 Å². The minimum atomic E-state index is -0.182. The van der Waals surface area contributed by atoms with Crippen LogP contribution in [0.2, 0.25) is 0 Å². The molecule has 1 fully saturated rings. The van der Waals surface area contributed by atoms with E-state index in [9.17, 15) is 9.59 Å². The third-order valence-electron chi connectivity index (χ3n) is 3.96. The quantitative estimate of drug-likeness (QED) is 0.879. The van der Waals surface area contributed by atoms with Gasteiger partial charge in [0.15, 0.2) is 0 Å². The predicted octanol–water partition coefficient (Wildman–Crippen LogP) is 1.55. The molecule has 0 spiro atoms. The van der Waals surface area contributed by atoms with Gasteiger partial charge in [0.2, 0.25) is 11.9 Å². The van der Waals surface area contributed by atoms with Crippen molar-refractivity contribution in [1.29, 1.82) is 0 Å². The molecule has 2 heterocycles. The van der Waals surface area contributed by atoms with E-state index in [0.717, 1.165) is 18.7 Å². The van der Waals surface area contributed by atoms with Crippen LogP contribution < -0.4 is 10.6 Å². The van der Waals surface area contributed by atoms with Crippen molar-refractivity contribution in [3.63, 3.8) is 0 Å². The highest BCUT2D eigenvalue weighted by Gasteiger charge is 2.24. The molecule has 1 aliphatic heterocycles. The number of carbonyl (C=O) groups excluding carboxylic acids is 2. The molecule has 0 bridgehead atoms. The molecule has 2 rings (SSSR count). The van der Waals surface area contributed by atoms with Gasteiger partial charge in [-0.25, -0.2) is 9.48 Å². The topological polar surface area (TPSA) is 92.2 Å². The largest absolute Gasteiger partial charge is 0.356 e. The second kappa shape index (κ2) is 7.43. The van der Waals surface area contributed by atoms with E-state index in [4.69, 9.17) is 0 Å². The molecule has 1 atom stereocenters. The van der Waals surface area contributed by atoms with E-state index in [1.807, 2.05) is 20.8 Å². The summed E-state index contributed by atoms with van der Waals surface area (Å²) in [6.45, 7) is 9.37. The number of hydrogen-bond donors (Lipinski definition) is 2. The Morgan fingerprint density at radius 1 is 1.39 bits per heavy atom. The number of nitrogens with zero attached hydrogens (tertiary/aromatic N) is 4. The maximum absolute atomic E-state index is 12.4. The van der Waals surface area contributed by atoms with E-state index in [-0.39, 0.29) is 18.0 Å². The highest BCUT2D eigenvalue weighted by Crippen LogP contribution is 2.17. The first-order valence-corrected chi connectivity index (χ1v) is 8.10. The Morgan fingerprint density at radius 2 is 2.13 bits per heavy atom. The lowest BCUT2D eigenvalue weighted by atomic mass is 9.98. The standard InChI is InChI=1S/C15H26N6O2/c1-10(2)21-11(3)17-14(19-21)18-15(23)20-7-5-6-13(9-20)8-16-12(4)22/h10,13H,5-9H2,1-4H3,(H,16,22)(H,18,19,23). The highest BCUT2D eigenvalue weighted by molar-refractivity contribution is 5.87. The summed E-state index contributed by atoms with van der Waals surface area (Å²) in [5.41, 5.74) is 0. The normalized spacial score (nSPS) is 18.1. The summed E-state index contributed by atoms with van der Waals surface area (Å²) in [6.07, 6.45) is 1.95. The minimum Gasteiger partial charge on any atom is -0.356 e. The van der Waals surface area contributed by atoms with Gasteiger partial charge in [-0.1, -0.05) is 0 Å². The summed E-state index contributed by atoms with van der Waals surface area (Å²) in [7, 11) is 0. The lowest BCUT2D eigenvalue weighted by Gasteiger charge is -2.32. The molecule has 1 saturated heterocycles. The Kier molecular flexibility index (Phi) is 5.57. The van der Waals surface area contributed by atoms with E-state index in [0.29, 0.717) is 31.5 Å². The summed E-state index contributed by atoms with van der Waals surface area (Å²) >= 11 is 0. The van der Waals surface area contributed by atoms with Crippen molar-refractivity contribution in [3.05, 3.63) is 5.82 Å². The number of likely N-dealkylation sites (tertiary alicyclic amines) is 1. The fourth-order valence-corrected chi connectivity index (χ4v) is 2.82. The summed E-state index contributed by atoms with van der Waals surface area (Å²) in [5.74, 6) is 1.37. The second-order valence-electron chi connectivity index (χ2n) is 6.34. The molecule has 0 saturated carbocycles. The molecule has 8 heteroatoms. The minimum absolute atomic E-state index is 0.0366. The average molecular weight is 322 g/mol. The van der Waals surface area contributed by atoms with Crippen molar-refractivity contribution in [2.75, 3.05) is 25.0 Å². The first kappa shape index (κ1) is 17.2. The maximum Gasteiger partial charge on any atom is 0.324 e. The summed E-state index contributed by atoms with van der Waals surface area (Å²) < 4.78 is 1.78. The number of anilines is 1. The fourth-order valence-electron chi connectivity index (χ4n) is 2.82. The Balaban J connectivity index is 1.92. The van der Waals surface area contributed by atoms with Crippen LogP contribution >= 0.6 is 0 Å². The van der Waals surface area contributed by atoms with E-state index >= 15 is 0 Å². The molecule has 0 aromatic carbocycles. The number of piperidine rings is 1. The molecule has 1 aromatic rings. The number of nitrogens with one attached hydrogen (secondary N) is 2. The average Bonchev–Trinajstić information content (AvgIpc) is 2.86. The summed E-state index contributed by atoms with van der Waals surface area (Å²) in [6, 6.07) is 0.0172. The smallest absolute Gasteiger partial charge is 0.324 e. The first-order chi connectivity index (χ1) is 10.9. The van der Waals surface area contributed by atoms with Gasteiger partial charge < -0.3 is 10.2 Å². The van der Waals surface area contributed by atoms with Gasteiger partial charge in [-0.05, 0) is 39.5 Å². The van der Waals surface area contributed by atoms with Crippen LogP contribution in [-0.4, -0.2) is 51.2 Å². The van der Waals surface area contributed by atoms with E-state index in [1.165, 1.54) is 6.92 Å². The van der Waals surface area contributed by atoms with Crippen LogP contribution in [0.4, 0.5) is 10.7 Å². The number of aryl methyl sites for hydroxylation is 1. The third kappa shape index (κ3) is 4.67. The predicted molar refractivity (Wildman–Crippen MR) is 87.1 cm³/mol. The number of carbonyl (C=O) groups is 2. The fraction of sp³-hybridized carbons (Fsp3) is 0.733. The van der Waals surface area contributed by atoms with Gasteiger partial charge in [-0.15, -0.1) is 5.10 Å². The van der Waals surface area contributed by atoms with Crippen LogP contribution in [0.15, 0.2) is 0 Å². The lowest BCUT2D eigenvalue weighted by molar-refractivity contribution is -0.119. The summed E-state index contributed by atoms with van der Waals surface area (Å²) in [5, 5.41) is 9.90. The van der Waals surface area contributed by atoms with Crippen molar-refractivity contribution in [2.45, 2.75) is 46.6 Å². The van der Waals surface area contributed by atoms with Gasteiger partial charge in [-0.2, -0.15) is 4.98 Å². The van der Waals surface area contributed by atoms with Gasteiger partial charge in [0, 0.05) is 32.6 Å². The second-order valence-corrected chi connectivity index (χ2v) is 6.34. The van der Waals surface area contributed by atoms with Crippen LogP contribution in [-0.2, 0) is 4.79 Å². The van der Waals surface area contributed by atoms with Crippen LogP contribution in [0.3, 0.4) is 0 Å². The zero-order valence-electron chi connectivity index (χ0n) is 14.3. The zero-order valence-corrected chi connectivity index (χ0v) is 14.3. The Bertz CT molecular complexity index is 568. The number of rotatable bonds is 4. The van der Waals surface area contributed by atoms with Gasteiger partial charge >= 0.3 is 6.03 Å². The lowest BCUT2D eigenvalue weighted by Crippen LogP contribution is -2.45. The molecule has 1 unspecified atom stereocenters. The van der Waals surface area contributed by atoms with Crippen molar-refractivity contribution in [3.8, 4) is 0 Å². The van der Waals surface area contributed by atoms with Crippen molar-refractivity contribution in [2.24, 2.45) is 5.92 Å². The maximum atomic E-state index is 12.4. The molecular weight excluding hydrogens is 296 g/mol. The monoisotopic (exact) mass is 322 g/mol. The van der Waals surface area contributed by atoms with Gasteiger partial charge in [0.25, 0.3) is 0 Å². The number of aromatic nitrogens is 3. The molecule has 1 aliphatic rings. The van der Waals surface area contributed by atoms with Crippen LogP contribution in [0.25, 0.3) is 0 Å². The number of hydrogen-bond acceptors (Lipinski definition) is 4. The molecule has 1 aromatic heterocycles. The Morgan fingerprint density at radius 3 is 2.74 bits per heavy atom. The molecule has 0 aliphatic carbocycles. The van der Waals surface area contributed by atoms with Crippen molar-refractivity contribution in [1.82, 2.24) is 25.0 Å². The van der Waals surface area contributed by atoms with Crippen LogP contribution in [0, 0.1) is 12.8 Å². The number of amides is 3. The van der Waals surface area contributed by atoms with Crippen LogP contribution in [0.5, 0.6) is 0 Å². The summed E-state index contributed by atoms with van der Waals surface area (Å²) in [4.78, 5) is 29.4. The molecule has 3 amide bonds. The SMILES string of the molecule is CC(=O)NCC1CCCN(C(=O)Nc2nc(C)n(C(C)C)n2)C1. The Labute approximate surface area is 136 Å². The Hall–Kier alpha value is -2.12. The van der Waals surface area contributed by atoms with Gasteiger partial charge in [0.1, 0.15) is 5.82 Å². The highest BCUT2D eigenvalue weighted by atomic mass is 16.2. The van der Waals surface area contributed by atoms with Crippen LogP contribution in [0.1, 0.15) is 45.5 Å². The number of urea groups is 1. The van der Waals surface area contributed by atoms with Gasteiger partial charge in [0.05, 0.1) is 0 Å². The van der Waals surface area contributed by atoms with E-state index < -0.39 is 0 Å². The van der Waals surface area contributed by atoms with Gasteiger partial charge in [-0.3, -0.25) is 10.1 Å². The molecule has 23 heavy (non-hydrogen) atoms. The molecule has 2 N–H and O–H groups in total. The first-order valence-electron chi connectivity index (χ1n) is 8.10. The van der Waals surface area contributed by atoms with E-state index in [2.05, 4.69) is 20.7 Å².